The molecule has 10 heteroatoms. The van der Waals surface area contributed by atoms with Crippen LogP contribution in [0.15, 0.2) is 53.6 Å². The normalized spacial score (nSPS) is 12.3. The Morgan fingerprint density at radius 3 is 2.30 bits per heavy atom. The number of nitrogens with one attached hydrogen (secondary N) is 1. The Balaban J connectivity index is 2.02. The smallest absolute Gasteiger partial charge is 0.382 e. The fourth-order valence-electron chi connectivity index (χ4n) is 2.46. The van der Waals surface area contributed by atoms with Gasteiger partial charge >= 0.3 is 6.18 Å². The standard InChI is InChI=1S/C20H27F3N6O/c1-28(2)11-13-30-14-12-29(25)27-19(24)17-5-3-4-6-18(17)26-16-9-7-15(8-10-16)20(21,22)23/h3-10,26H,11-14,25H2,1-2H3,(H2,24,27). The van der Waals surface area contributed by atoms with Crippen molar-refractivity contribution in [3.63, 3.8) is 0 Å². The molecule has 0 radical (unpaired) electrons. The molecule has 0 aromatic heterocycles. The van der Waals surface area contributed by atoms with Crippen LogP contribution in [0.1, 0.15) is 11.1 Å². The van der Waals surface area contributed by atoms with Crippen LogP contribution in [0, 0.1) is 0 Å². The van der Waals surface area contributed by atoms with Crippen molar-refractivity contribution >= 4 is 17.2 Å². The lowest BCUT2D eigenvalue weighted by atomic mass is 10.1. The van der Waals surface area contributed by atoms with Crippen LogP contribution < -0.4 is 16.9 Å². The summed E-state index contributed by atoms with van der Waals surface area (Å²) >= 11 is 0. The average molecular weight is 424 g/mol. The zero-order chi connectivity index (χ0) is 22.1. The van der Waals surface area contributed by atoms with E-state index in [1.54, 1.807) is 24.3 Å². The van der Waals surface area contributed by atoms with E-state index in [9.17, 15) is 13.2 Å². The van der Waals surface area contributed by atoms with Gasteiger partial charge in [0.05, 0.1) is 25.3 Å². The molecule has 0 saturated carbocycles. The molecular formula is C20H27F3N6O. The number of anilines is 2. The van der Waals surface area contributed by atoms with Gasteiger partial charge in [0.25, 0.3) is 0 Å². The van der Waals surface area contributed by atoms with E-state index in [4.69, 9.17) is 16.3 Å². The number of benzene rings is 2. The van der Waals surface area contributed by atoms with Crippen molar-refractivity contribution in [2.45, 2.75) is 6.18 Å². The second kappa shape index (κ2) is 10.8. The molecule has 30 heavy (non-hydrogen) atoms. The highest BCUT2D eigenvalue weighted by Crippen LogP contribution is 2.30. The summed E-state index contributed by atoms with van der Waals surface area (Å²) in [6.45, 7) is 2.13. The van der Waals surface area contributed by atoms with E-state index in [0.29, 0.717) is 36.7 Å². The SMILES string of the molecule is CN(C)CCOCCN(N)/N=C(\N)c1ccccc1Nc1ccc(C(F)(F)F)cc1. The van der Waals surface area contributed by atoms with Gasteiger partial charge in [-0.1, -0.05) is 12.1 Å². The largest absolute Gasteiger partial charge is 0.416 e. The number of hydrazine groups is 1. The molecule has 2 aromatic carbocycles. The van der Waals surface area contributed by atoms with Gasteiger partial charge in [0, 0.05) is 23.5 Å². The van der Waals surface area contributed by atoms with E-state index in [-0.39, 0.29) is 5.84 Å². The number of likely N-dealkylation sites (N-methyl/N-ethyl adjacent to an activating group) is 1. The monoisotopic (exact) mass is 424 g/mol. The first-order chi connectivity index (χ1) is 14.2. The van der Waals surface area contributed by atoms with E-state index < -0.39 is 11.7 Å². The van der Waals surface area contributed by atoms with E-state index in [1.807, 2.05) is 19.0 Å². The summed E-state index contributed by atoms with van der Waals surface area (Å²) in [7, 11) is 3.92. The van der Waals surface area contributed by atoms with Crippen LogP contribution in [0.5, 0.6) is 0 Å². The average Bonchev–Trinajstić information content (AvgIpc) is 2.67. The van der Waals surface area contributed by atoms with Gasteiger partial charge in [-0.05, 0) is 50.5 Å². The Morgan fingerprint density at radius 2 is 1.67 bits per heavy atom. The number of rotatable bonds is 10. The molecule has 5 N–H and O–H groups in total. The number of hydrogen-bond acceptors (Lipinski definition) is 6. The summed E-state index contributed by atoms with van der Waals surface area (Å²) in [6, 6.07) is 11.8. The number of hydrazone groups is 1. The highest BCUT2D eigenvalue weighted by molar-refractivity contribution is 6.02. The molecule has 164 valence electrons. The van der Waals surface area contributed by atoms with Gasteiger partial charge in [0.1, 0.15) is 0 Å². The minimum atomic E-state index is -4.38. The number of amidine groups is 1. The first kappa shape index (κ1) is 23.5. The maximum absolute atomic E-state index is 12.7. The van der Waals surface area contributed by atoms with E-state index in [2.05, 4.69) is 10.4 Å². The Kier molecular flexibility index (Phi) is 8.46. The van der Waals surface area contributed by atoms with Crippen molar-refractivity contribution in [2.24, 2.45) is 16.7 Å². The zero-order valence-corrected chi connectivity index (χ0v) is 17.0. The molecule has 0 heterocycles. The number of halogens is 3. The lowest BCUT2D eigenvalue weighted by molar-refractivity contribution is -0.137. The number of para-hydroxylation sites is 1. The van der Waals surface area contributed by atoms with E-state index in [0.717, 1.165) is 18.7 Å². The number of nitrogens with zero attached hydrogens (tertiary/aromatic N) is 3. The van der Waals surface area contributed by atoms with Crippen molar-refractivity contribution in [3.8, 4) is 0 Å². The first-order valence-corrected chi connectivity index (χ1v) is 9.29. The molecule has 2 aromatic rings. The van der Waals surface area contributed by atoms with Crippen LogP contribution in [-0.4, -0.2) is 56.3 Å². The van der Waals surface area contributed by atoms with Crippen LogP contribution in [0.2, 0.25) is 0 Å². The van der Waals surface area contributed by atoms with Crippen molar-refractivity contribution in [3.05, 3.63) is 59.7 Å². The highest BCUT2D eigenvalue weighted by Gasteiger charge is 2.29. The fourth-order valence-corrected chi connectivity index (χ4v) is 2.46. The van der Waals surface area contributed by atoms with Crippen molar-refractivity contribution in [2.75, 3.05) is 45.7 Å². The minimum absolute atomic E-state index is 0.167. The van der Waals surface area contributed by atoms with Crippen LogP contribution in [0.4, 0.5) is 24.5 Å². The minimum Gasteiger partial charge on any atom is -0.382 e. The van der Waals surface area contributed by atoms with Gasteiger partial charge in [-0.15, -0.1) is 5.10 Å². The third-order valence-electron chi connectivity index (χ3n) is 4.08. The first-order valence-electron chi connectivity index (χ1n) is 9.29. The fraction of sp³-hybridized carbons (Fsp3) is 0.350. The summed E-state index contributed by atoms with van der Waals surface area (Å²) in [6.07, 6.45) is -4.38. The molecule has 0 atom stereocenters. The van der Waals surface area contributed by atoms with Crippen LogP contribution in [0.25, 0.3) is 0 Å². The number of ether oxygens (including phenoxy) is 1. The summed E-state index contributed by atoms with van der Waals surface area (Å²) in [4.78, 5) is 2.01. The molecule has 0 spiro atoms. The summed E-state index contributed by atoms with van der Waals surface area (Å²) in [5, 5.41) is 8.41. The predicted octanol–water partition coefficient (Wildman–Crippen LogP) is 2.82. The summed E-state index contributed by atoms with van der Waals surface area (Å²) in [5.74, 6) is 6.03. The maximum atomic E-state index is 12.7. The zero-order valence-electron chi connectivity index (χ0n) is 17.0. The van der Waals surface area contributed by atoms with Gasteiger partial charge < -0.3 is 20.7 Å². The number of nitrogens with two attached hydrogens (primary N) is 2. The molecular weight excluding hydrogens is 397 g/mol. The van der Waals surface area contributed by atoms with E-state index in [1.165, 1.54) is 17.3 Å². The van der Waals surface area contributed by atoms with Gasteiger partial charge in [0.2, 0.25) is 0 Å². The highest BCUT2D eigenvalue weighted by atomic mass is 19.4. The predicted molar refractivity (Wildman–Crippen MR) is 112 cm³/mol. The van der Waals surface area contributed by atoms with Gasteiger partial charge in [-0.3, -0.25) is 0 Å². The Labute approximate surface area is 174 Å². The van der Waals surface area contributed by atoms with Crippen molar-refractivity contribution in [1.29, 1.82) is 0 Å². The summed E-state index contributed by atoms with van der Waals surface area (Å²) < 4.78 is 43.6. The molecule has 0 amide bonds. The van der Waals surface area contributed by atoms with E-state index >= 15 is 0 Å². The van der Waals surface area contributed by atoms with Crippen LogP contribution in [-0.2, 0) is 10.9 Å². The summed E-state index contributed by atoms with van der Waals surface area (Å²) in [5.41, 5.74) is 7.03. The number of hydrogen-bond donors (Lipinski definition) is 3. The molecule has 0 saturated heterocycles. The Hall–Kier alpha value is -2.82. The van der Waals surface area contributed by atoms with Crippen molar-refractivity contribution in [1.82, 2.24) is 10.0 Å². The molecule has 0 fully saturated rings. The molecule has 7 nitrogen and oxygen atoms in total. The lowest BCUT2D eigenvalue weighted by Crippen LogP contribution is -2.33. The van der Waals surface area contributed by atoms with Gasteiger partial charge in [0.15, 0.2) is 5.84 Å². The van der Waals surface area contributed by atoms with Crippen molar-refractivity contribution < 1.29 is 17.9 Å². The maximum Gasteiger partial charge on any atom is 0.416 e. The second-order valence-electron chi connectivity index (χ2n) is 6.81. The molecule has 0 aliphatic rings. The Bertz CT molecular complexity index is 824. The lowest BCUT2D eigenvalue weighted by Gasteiger charge is -2.16. The van der Waals surface area contributed by atoms with Gasteiger partial charge in [-0.25, -0.2) is 11.0 Å². The number of alkyl halides is 3. The third kappa shape index (κ3) is 7.54. The third-order valence-corrected chi connectivity index (χ3v) is 4.08. The quantitative estimate of drug-likeness (QED) is 0.179. The van der Waals surface area contributed by atoms with Crippen LogP contribution in [0.3, 0.4) is 0 Å². The van der Waals surface area contributed by atoms with Gasteiger partial charge in [-0.2, -0.15) is 13.2 Å². The molecule has 0 bridgehead atoms. The molecule has 0 aliphatic heterocycles. The molecule has 2 rings (SSSR count). The van der Waals surface area contributed by atoms with Crippen LogP contribution >= 0.6 is 0 Å². The molecule has 0 unspecified atom stereocenters. The topological polar surface area (TPSA) is 92.1 Å². The molecule has 0 aliphatic carbocycles. The Morgan fingerprint density at radius 1 is 1.03 bits per heavy atom. The second-order valence-corrected chi connectivity index (χ2v) is 6.81.